The summed E-state index contributed by atoms with van der Waals surface area (Å²) in [5.74, 6) is 0.704. The predicted molar refractivity (Wildman–Crippen MR) is 64.7 cm³/mol. The van der Waals surface area contributed by atoms with Crippen LogP contribution in [-0.4, -0.2) is 6.04 Å². The highest BCUT2D eigenvalue weighted by Gasteiger charge is 2.13. The van der Waals surface area contributed by atoms with E-state index in [1.54, 1.807) is 0 Å². The lowest BCUT2D eigenvalue weighted by molar-refractivity contribution is 0.378. The van der Waals surface area contributed by atoms with Crippen LogP contribution in [0.3, 0.4) is 0 Å². The Labute approximate surface area is 91.3 Å². The molecular formula is C12H21NS. The van der Waals surface area contributed by atoms with Gasteiger partial charge in [-0.1, -0.05) is 32.8 Å². The summed E-state index contributed by atoms with van der Waals surface area (Å²) < 4.78 is 0. The van der Waals surface area contributed by atoms with Crippen molar-refractivity contribution in [2.75, 3.05) is 0 Å². The Balaban J connectivity index is 2.30. The lowest BCUT2D eigenvalue weighted by atomic mass is 9.91. The van der Waals surface area contributed by atoms with Gasteiger partial charge in [0.2, 0.25) is 0 Å². The molecule has 0 amide bonds. The first kappa shape index (κ1) is 11.7. The van der Waals surface area contributed by atoms with Crippen molar-refractivity contribution >= 4 is 11.3 Å². The summed E-state index contributed by atoms with van der Waals surface area (Å²) in [6.07, 6.45) is 4.70. The first-order chi connectivity index (χ1) is 6.77. The highest BCUT2D eigenvalue weighted by atomic mass is 32.1. The fraction of sp³-hybridized carbons (Fsp3) is 0.667. The van der Waals surface area contributed by atoms with Crippen molar-refractivity contribution in [2.45, 2.75) is 45.6 Å². The summed E-state index contributed by atoms with van der Waals surface area (Å²) in [5.41, 5.74) is 6.16. The second-order valence-corrected chi connectivity index (χ2v) is 4.89. The van der Waals surface area contributed by atoms with Gasteiger partial charge in [0.1, 0.15) is 0 Å². The van der Waals surface area contributed by atoms with Gasteiger partial charge in [-0.25, -0.2) is 0 Å². The van der Waals surface area contributed by atoms with E-state index in [-0.39, 0.29) is 0 Å². The fourth-order valence-corrected chi connectivity index (χ4v) is 2.62. The van der Waals surface area contributed by atoms with Crippen LogP contribution in [0.4, 0.5) is 0 Å². The molecule has 1 heterocycles. The second-order valence-electron chi connectivity index (χ2n) is 3.86. The molecule has 0 bridgehead atoms. The lowest BCUT2D eigenvalue weighted by Gasteiger charge is -2.20. The minimum absolute atomic E-state index is 0.382. The Hall–Kier alpha value is -0.340. The van der Waals surface area contributed by atoms with E-state index in [4.69, 9.17) is 5.73 Å². The third-order valence-electron chi connectivity index (χ3n) is 2.96. The average Bonchev–Trinajstić information content (AvgIpc) is 2.69. The van der Waals surface area contributed by atoms with Crippen molar-refractivity contribution in [1.82, 2.24) is 0 Å². The molecule has 0 saturated carbocycles. The van der Waals surface area contributed by atoms with Crippen LogP contribution < -0.4 is 5.73 Å². The summed E-state index contributed by atoms with van der Waals surface area (Å²) in [5, 5.41) is 2.14. The zero-order valence-corrected chi connectivity index (χ0v) is 10.0. The molecule has 0 spiro atoms. The number of rotatable bonds is 6. The first-order valence-electron chi connectivity index (χ1n) is 5.55. The zero-order valence-electron chi connectivity index (χ0n) is 9.20. The average molecular weight is 211 g/mol. The number of thiophene rings is 1. The van der Waals surface area contributed by atoms with Gasteiger partial charge in [-0.15, -0.1) is 11.3 Å². The molecule has 2 N–H and O–H groups in total. The van der Waals surface area contributed by atoms with E-state index in [9.17, 15) is 0 Å². The van der Waals surface area contributed by atoms with E-state index in [0.29, 0.717) is 12.0 Å². The number of aryl methyl sites for hydroxylation is 1. The third-order valence-corrected chi connectivity index (χ3v) is 3.89. The van der Waals surface area contributed by atoms with Crippen LogP contribution in [0.15, 0.2) is 17.5 Å². The van der Waals surface area contributed by atoms with Crippen LogP contribution in [0, 0.1) is 5.92 Å². The molecule has 1 rings (SSSR count). The van der Waals surface area contributed by atoms with Gasteiger partial charge in [-0.2, -0.15) is 0 Å². The Bertz CT molecular complexity index is 226. The van der Waals surface area contributed by atoms with Crippen molar-refractivity contribution < 1.29 is 0 Å². The van der Waals surface area contributed by atoms with E-state index in [0.717, 1.165) is 12.8 Å². The van der Waals surface area contributed by atoms with Crippen LogP contribution in [0.5, 0.6) is 0 Å². The molecule has 0 saturated heterocycles. The van der Waals surface area contributed by atoms with Crippen molar-refractivity contribution in [2.24, 2.45) is 11.7 Å². The van der Waals surface area contributed by atoms with Crippen molar-refractivity contribution in [3.63, 3.8) is 0 Å². The molecular weight excluding hydrogens is 190 g/mol. The standard InChI is InChI=1S/C12H21NS/c1-3-10(4-2)12(13)8-7-11-6-5-9-14-11/h5-6,9-10,12H,3-4,7-8,13H2,1-2H3. The van der Waals surface area contributed by atoms with Gasteiger partial charge in [0.15, 0.2) is 0 Å². The summed E-state index contributed by atoms with van der Waals surface area (Å²) in [7, 11) is 0. The number of hydrogen-bond acceptors (Lipinski definition) is 2. The van der Waals surface area contributed by atoms with E-state index in [1.807, 2.05) is 11.3 Å². The molecule has 1 unspecified atom stereocenters. The van der Waals surface area contributed by atoms with Gasteiger partial charge in [0, 0.05) is 10.9 Å². The first-order valence-corrected chi connectivity index (χ1v) is 6.43. The molecule has 0 radical (unpaired) electrons. The fourth-order valence-electron chi connectivity index (χ4n) is 1.89. The maximum atomic E-state index is 6.16. The highest BCUT2D eigenvalue weighted by Crippen LogP contribution is 2.18. The number of nitrogens with two attached hydrogens (primary N) is 1. The zero-order chi connectivity index (χ0) is 10.4. The molecule has 0 aliphatic carbocycles. The van der Waals surface area contributed by atoms with Crippen LogP contribution >= 0.6 is 11.3 Å². The monoisotopic (exact) mass is 211 g/mol. The van der Waals surface area contributed by atoms with Gasteiger partial charge in [-0.05, 0) is 30.2 Å². The van der Waals surface area contributed by atoms with Gasteiger partial charge in [-0.3, -0.25) is 0 Å². The van der Waals surface area contributed by atoms with Crippen molar-refractivity contribution in [3.8, 4) is 0 Å². The Morgan fingerprint density at radius 3 is 2.57 bits per heavy atom. The van der Waals surface area contributed by atoms with E-state index in [2.05, 4.69) is 31.4 Å². The van der Waals surface area contributed by atoms with Gasteiger partial charge in [0.25, 0.3) is 0 Å². The molecule has 1 nitrogen and oxygen atoms in total. The number of hydrogen-bond donors (Lipinski definition) is 1. The topological polar surface area (TPSA) is 26.0 Å². The third kappa shape index (κ3) is 3.43. The largest absolute Gasteiger partial charge is 0.327 e. The summed E-state index contributed by atoms with van der Waals surface area (Å²) in [4.78, 5) is 1.46. The minimum Gasteiger partial charge on any atom is -0.327 e. The van der Waals surface area contributed by atoms with E-state index in [1.165, 1.54) is 17.7 Å². The molecule has 2 heteroatoms. The molecule has 1 aromatic rings. The molecule has 14 heavy (non-hydrogen) atoms. The SMILES string of the molecule is CCC(CC)C(N)CCc1cccs1. The van der Waals surface area contributed by atoms with E-state index >= 15 is 0 Å². The summed E-state index contributed by atoms with van der Waals surface area (Å²) >= 11 is 1.84. The van der Waals surface area contributed by atoms with Crippen molar-refractivity contribution in [3.05, 3.63) is 22.4 Å². The maximum absolute atomic E-state index is 6.16. The molecule has 1 atom stereocenters. The van der Waals surface area contributed by atoms with Crippen LogP contribution in [0.1, 0.15) is 38.0 Å². The Kier molecular flexibility index (Phi) is 5.20. The highest BCUT2D eigenvalue weighted by molar-refractivity contribution is 7.09. The van der Waals surface area contributed by atoms with Gasteiger partial charge in [0.05, 0.1) is 0 Å². The normalized spacial score (nSPS) is 13.4. The summed E-state index contributed by atoms with van der Waals surface area (Å²) in [6, 6.07) is 4.69. The summed E-state index contributed by atoms with van der Waals surface area (Å²) in [6.45, 7) is 4.47. The Morgan fingerprint density at radius 2 is 2.07 bits per heavy atom. The minimum atomic E-state index is 0.382. The van der Waals surface area contributed by atoms with E-state index < -0.39 is 0 Å². The lowest BCUT2D eigenvalue weighted by Crippen LogP contribution is -2.29. The smallest absolute Gasteiger partial charge is 0.00704 e. The second kappa shape index (κ2) is 6.20. The molecule has 0 fully saturated rings. The van der Waals surface area contributed by atoms with Crippen LogP contribution in [-0.2, 0) is 6.42 Å². The maximum Gasteiger partial charge on any atom is 0.00704 e. The van der Waals surface area contributed by atoms with Gasteiger partial charge >= 0.3 is 0 Å². The molecule has 0 aliphatic rings. The Morgan fingerprint density at radius 1 is 1.36 bits per heavy atom. The molecule has 1 aromatic heterocycles. The predicted octanol–water partition coefficient (Wildman–Crippen LogP) is 3.44. The van der Waals surface area contributed by atoms with Crippen LogP contribution in [0.25, 0.3) is 0 Å². The quantitative estimate of drug-likeness (QED) is 0.766. The molecule has 0 aromatic carbocycles. The molecule has 0 aliphatic heterocycles. The van der Waals surface area contributed by atoms with Crippen LogP contribution in [0.2, 0.25) is 0 Å². The van der Waals surface area contributed by atoms with Gasteiger partial charge < -0.3 is 5.73 Å². The van der Waals surface area contributed by atoms with Crippen molar-refractivity contribution in [1.29, 1.82) is 0 Å². The molecule has 80 valence electrons.